The number of aromatic nitrogens is 2. The van der Waals surface area contributed by atoms with Crippen molar-refractivity contribution in [1.29, 1.82) is 0 Å². The van der Waals surface area contributed by atoms with Gasteiger partial charge in [0.05, 0.1) is 17.4 Å². The van der Waals surface area contributed by atoms with Gasteiger partial charge in [-0.15, -0.1) is 0 Å². The Bertz CT molecular complexity index is 1380. The second kappa shape index (κ2) is 9.48. The molecule has 1 aliphatic rings. The first-order valence-corrected chi connectivity index (χ1v) is 11.8. The normalized spacial score (nSPS) is 16.1. The number of carbonyl (C=O) groups excluding carboxylic acids is 1. The van der Waals surface area contributed by atoms with Gasteiger partial charge >= 0.3 is 0 Å². The molecule has 0 aliphatic carbocycles. The second-order valence-electron chi connectivity index (χ2n) is 8.96. The van der Waals surface area contributed by atoms with Crippen molar-refractivity contribution in [3.05, 3.63) is 77.2 Å². The van der Waals surface area contributed by atoms with Gasteiger partial charge in [-0.2, -0.15) is 0 Å². The molecule has 1 amide bonds. The highest BCUT2D eigenvalue weighted by Crippen LogP contribution is 2.34. The maximum absolute atomic E-state index is 13.4. The van der Waals surface area contributed by atoms with Crippen molar-refractivity contribution in [3.8, 4) is 11.3 Å². The summed E-state index contributed by atoms with van der Waals surface area (Å²) in [4.78, 5) is 22.2. The van der Waals surface area contributed by atoms with E-state index in [1.165, 1.54) is 23.9 Å². The monoisotopic (exact) mass is 473 g/mol. The number of aromatic amines is 1. The van der Waals surface area contributed by atoms with Gasteiger partial charge in [0.15, 0.2) is 0 Å². The summed E-state index contributed by atoms with van der Waals surface area (Å²) in [5.41, 5.74) is 12.0. The first-order chi connectivity index (χ1) is 16.9. The number of pyridine rings is 1. The second-order valence-corrected chi connectivity index (χ2v) is 8.96. The molecule has 2 aromatic heterocycles. The van der Waals surface area contributed by atoms with Crippen molar-refractivity contribution >= 4 is 28.3 Å². The summed E-state index contributed by atoms with van der Waals surface area (Å²) >= 11 is 0. The first kappa shape index (κ1) is 23.0. The van der Waals surface area contributed by atoms with Crippen LogP contribution in [0.1, 0.15) is 34.8 Å². The fraction of sp³-hybridized carbons (Fsp3) is 0.259. The highest BCUT2D eigenvalue weighted by molar-refractivity contribution is 6.08. The predicted octanol–water partition coefficient (Wildman–Crippen LogP) is 4.34. The minimum absolute atomic E-state index is 0.270. The van der Waals surface area contributed by atoms with Gasteiger partial charge in [0.2, 0.25) is 0 Å². The van der Waals surface area contributed by atoms with E-state index in [0.29, 0.717) is 17.9 Å². The van der Waals surface area contributed by atoms with E-state index >= 15 is 0 Å². The lowest BCUT2D eigenvalue weighted by molar-refractivity contribution is 0.100. The zero-order valence-electron chi connectivity index (χ0n) is 19.5. The summed E-state index contributed by atoms with van der Waals surface area (Å²) < 4.78 is 13.4. The van der Waals surface area contributed by atoms with E-state index in [9.17, 15) is 14.3 Å². The molecule has 0 spiro atoms. The van der Waals surface area contributed by atoms with Crippen LogP contribution >= 0.6 is 0 Å². The van der Waals surface area contributed by atoms with E-state index in [4.69, 9.17) is 5.73 Å². The van der Waals surface area contributed by atoms with Crippen LogP contribution in [0.4, 0.5) is 15.8 Å². The van der Waals surface area contributed by atoms with Crippen molar-refractivity contribution < 1.29 is 14.3 Å². The molecule has 1 aliphatic heterocycles. The summed E-state index contributed by atoms with van der Waals surface area (Å²) in [6.45, 7) is 4.40. The van der Waals surface area contributed by atoms with E-state index < -0.39 is 5.91 Å². The van der Waals surface area contributed by atoms with Crippen LogP contribution in [0.25, 0.3) is 22.3 Å². The molecular formula is C27H28FN5O2. The molecule has 5 rings (SSSR count). The average molecular weight is 474 g/mol. The molecule has 3 heterocycles. The number of H-pyrrole nitrogens is 1. The molecule has 0 unspecified atom stereocenters. The summed E-state index contributed by atoms with van der Waals surface area (Å²) in [6, 6.07) is 14.2. The largest absolute Gasteiger partial charge is 0.392 e. The van der Waals surface area contributed by atoms with Crippen LogP contribution in [0.3, 0.4) is 0 Å². The topological polar surface area (TPSA) is 107 Å². The van der Waals surface area contributed by atoms with Gasteiger partial charge in [-0.1, -0.05) is 19.1 Å². The van der Waals surface area contributed by atoms with Crippen molar-refractivity contribution in [1.82, 2.24) is 14.9 Å². The molecule has 0 radical (unpaired) electrons. The Balaban J connectivity index is 1.56. The standard InChI is InChI=1S/C27H28FN5O2/c1-2-20-17(14-33-11-10-19(34)15-33)4-3-5-23(20)31-25-21-12-24(16-6-8-18(28)9-7-16)32-27(21)30-13-22(25)26(29)35/h3-9,12-13,19,34H,2,10-11,14-15H2,1H3,(H2,29,35)(H2,30,31,32)/t19-/m1/s1. The molecule has 1 saturated heterocycles. The molecule has 8 heteroatoms. The molecule has 1 fully saturated rings. The van der Waals surface area contributed by atoms with Gasteiger partial charge in [0.1, 0.15) is 11.5 Å². The maximum Gasteiger partial charge on any atom is 0.252 e. The zero-order chi connectivity index (χ0) is 24.5. The van der Waals surface area contributed by atoms with E-state index in [1.807, 2.05) is 18.2 Å². The number of nitrogens with one attached hydrogen (secondary N) is 2. The molecular weight excluding hydrogens is 445 g/mol. The van der Waals surface area contributed by atoms with Crippen LogP contribution in [0, 0.1) is 5.82 Å². The molecule has 1 atom stereocenters. The minimum atomic E-state index is -0.577. The van der Waals surface area contributed by atoms with E-state index in [-0.39, 0.29) is 17.5 Å². The fourth-order valence-corrected chi connectivity index (χ4v) is 4.83. The number of β-amino-alcohol motifs (C(OH)–C–C–N with tert-alkyl or cyclic N) is 1. The number of aliphatic hydroxyl groups excluding tert-OH is 1. The number of amides is 1. The lowest BCUT2D eigenvalue weighted by atomic mass is 10.0. The highest BCUT2D eigenvalue weighted by Gasteiger charge is 2.22. The number of benzene rings is 2. The van der Waals surface area contributed by atoms with Crippen molar-refractivity contribution in [3.63, 3.8) is 0 Å². The SMILES string of the molecule is CCc1c(CN2CC[C@@H](O)C2)cccc1Nc1c(C(N)=O)cnc2[nH]c(-c3ccc(F)cc3)cc12. The Kier molecular flexibility index (Phi) is 6.23. The van der Waals surface area contributed by atoms with Crippen molar-refractivity contribution in [2.75, 3.05) is 18.4 Å². The Hall–Kier alpha value is -3.75. The third-order valence-corrected chi connectivity index (χ3v) is 6.61. The number of hydrogen-bond acceptors (Lipinski definition) is 5. The summed E-state index contributed by atoms with van der Waals surface area (Å²) in [5.74, 6) is -0.886. The molecule has 4 aromatic rings. The highest BCUT2D eigenvalue weighted by atomic mass is 19.1. The van der Waals surface area contributed by atoms with Crippen LogP contribution in [0.2, 0.25) is 0 Å². The molecule has 180 valence electrons. The summed E-state index contributed by atoms with van der Waals surface area (Å²) in [7, 11) is 0. The number of likely N-dealkylation sites (tertiary alicyclic amines) is 1. The van der Waals surface area contributed by atoms with Gasteiger partial charge in [-0.25, -0.2) is 9.37 Å². The minimum Gasteiger partial charge on any atom is -0.392 e. The van der Waals surface area contributed by atoms with Gasteiger partial charge in [0, 0.05) is 42.6 Å². The third-order valence-electron chi connectivity index (χ3n) is 6.61. The van der Waals surface area contributed by atoms with E-state index in [0.717, 1.165) is 53.8 Å². The van der Waals surface area contributed by atoms with Gasteiger partial charge in [-0.05, 0) is 65.9 Å². The van der Waals surface area contributed by atoms with Gasteiger partial charge in [-0.3, -0.25) is 9.69 Å². The molecule has 0 bridgehead atoms. The summed E-state index contributed by atoms with van der Waals surface area (Å²) in [6.07, 6.45) is 2.79. The van der Waals surface area contributed by atoms with E-state index in [1.54, 1.807) is 12.1 Å². The number of carbonyl (C=O) groups is 1. The van der Waals surface area contributed by atoms with Crippen LogP contribution in [-0.4, -0.2) is 45.1 Å². The smallest absolute Gasteiger partial charge is 0.252 e. The number of hydrogen-bond donors (Lipinski definition) is 4. The number of halogens is 1. The number of anilines is 2. The van der Waals surface area contributed by atoms with Gasteiger partial charge in [0.25, 0.3) is 5.91 Å². The number of nitrogens with two attached hydrogens (primary N) is 1. The molecule has 35 heavy (non-hydrogen) atoms. The number of nitrogens with zero attached hydrogens (tertiary/aromatic N) is 2. The van der Waals surface area contributed by atoms with Gasteiger partial charge < -0.3 is 21.1 Å². The van der Waals surface area contributed by atoms with Crippen LogP contribution < -0.4 is 11.1 Å². The molecule has 0 saturated carbocycles. The predicted molar refractivity (Wildman–Crippen MR) is 135 cm³/mol. The molecule has 7 nitrogen and oxygen atoms in total. The number of rotatable bonds is 7. The number of fused-ring (bicyclic) bond motifs is 1. The van der Waals surface area contributed by atoms with E-state index in [2.05, 4.69) is 33.2 Å². The Morgan fingerprint density at radius 2 is 2.09 bits per heavy atom. The number of aliphatic hydroxyl groups is 1. The Morgan fingerprint density at radius 3 is 2.77 bits per heavy atom. The maximum atomic E-state index is 13.4. The number of primary amides is 1. The van der Waals surface area contributed by atoms with Crippen molar-refractivity contribution in [2.24, 2.45) is 5.73 Å². The molecule has 2 aromatic carbocycles. The van der Waals surface area contributed by atoms with Crippen molar-refractivity contribution in [2.45, 2.75) is 32.4 Å². The lowest BCUT2D eigenvalue weighted by Crippen LogP contribution is -2.22. The lowest BCUT2D eigenvalue weighted by Gasteiger charge is -2.21. The van der Waals surface area contributed by atoms with Crippen LogP contribution in [0.5, 0.6) is 0 Å². The Labute approximate surface area is 202 Å². The Morgan fingerprint density at radius 1 is 1.29 bits per heavy atom. The average Bonchev–Trinajstić information content (AvgIpc) is 3.46. The summed E-state index contributed by atoms with van der Waals surface area (Å²) in [5, 5.41) is 14.1. The third kappa shape index (κ3) is 4.62. The van der Waals surface area contributed by atoms with Crippen LogP contribution in [-0.2, 0) is 13.0 Å². The fourth-order valence-electron chi connectivity index (χ4n) is 4.83. The van der Waals surface area contributed by atoms with Crippen LogP contribution in [0.15, 0.2) is 54.7 Å². The zero-order valence-corrected chi connectivity index (χ0v) is 19.5. The first-order valence-electron chi connectivity index (χ1n) is 11.8. The molecule has 5 N–H and O–H groups in total. The quantitative estimate of drug-likeness (QED) is 0.319.